The number of halogens is 1. The second-order valence-electron chi connectivity index (χ2n) is 10.3. The summed E-state index contributed by atoms with van der Waals surface area (Å²) in [5.74, 6) is 1.41. The lowest BCUT2D eigenvalue weighted by atomic mass is 9.48. The number of carbonyl (C=O) groups excluding carboxylic acids is 1. The van der Waals surface area contributed by atoms with Crippen molar-refractivity contribution in [1.29, 1.82) is 0 Å². The molecule has 0 unspecified atom stereocenters. The van der Waals surface area contributed by atoms with Gasteiger partial charge in [-0.1, -0.05) is 13.8 Å². The van der Waals surface area contributed by atoms with Gasteiger partial charge in [-0.3, -0.25) is 4.79 Å². The number of carbonyl (C=O) groups is 1. The highest BCUT2D eigenvalue weighted by Gasteiger charge is 2.62. The van der Waals surface area contributed by atoms with Crippen LogP contribution in [-0.4, -0.2) is 36.0 Å². The summed E-state index contributed by atoms with van der Waals surface area (Å²) in [4.78, 5) is 14.0. The summed E-state index contributed by atoms with van der Waals surface area (Å²) in [5.41, 5.74) is -0.0988. The van der Waals surface area contributed by atoms with Gasteiger partial charge in [0.25, 0.3) is 0 Å². The summed E-state index contributed by atoms with van der Waals surface area (Å²) in [5, 5.41) is 3.94. The van der Waals surface area contributed by atoms with Crippen LogP contribution in [0.5, 0.6) is 0 Å². The Labute approximate surface area is 156 Å². The fraction of sp³-hybridized carbons (Fsp3) is 0.864. The molecule has 0 spiro atoms. The summed E-state index contributed by atoms with van der Waals surface area (Å²) in [7, 11) is 1.87. The van der Waals surface area contributed by atoms with Gasteiger partial charge in [-0.2, -0.15) is 0 Å². The number of hydrogen-bond acceptors (Lipinski definition) is 2. The Hall–Kier alpha value is -0.900. The first-order valence-corrected chi connectivity index (χ1v) is 10.8. The van der Waals surface area contributed by atoms with Gasteiger partial charge in [-0.15, -0.1) is 0 Å². The molecule has 4 saturated carbocycles. The molecule has 26 heavy (non-hydrogen) atoms. The lowest BCUT2D eigenvalue weighted by Crippen LogP contribution is -2.61. The van der Waals surface area contributed by atoms with Crippen LogP contribution in [-0.2, 0) is 4.79 Å². The molecule has 144 valence electrons. The molecule has 3 nitrogen and oxygen atoms in total. The van der Waals surface area contributed by atoms with Crippen LogP contribution in [0.15, 0.2) is 11.9 Å². The zero-order valence-electron chi connectivity index (χ0n) is 16.4. The molecule has 1 N–H and O–H groups in total. The average molecular weight is 361 g/mol. The predicted molar refractivity (Wildman–Crippen MR) is 100 cm³/mol. The molecule has 5 aliphatic rings. The summed E-state index contributed by atoms with van der Waals surface area (Å²) < 4.78 is 15.2. The maximum absolute atomic E-state index is 15.2. The van der Waals surface area contributed by atoms with E-state index in [4.69, 9.17) is 0 Å². The minimum Gasteiger partial charge on any atom is -0.338 e. The van der Waals surface area contributed by atoms with E-state index in [1.54, 1.807) is 0 Å². The monoisotopic (exact) mass is 360 g/mol. The van der Waals surface area contributed by atoms with Crippen LogP contribution in [0.3, 0.4) is 0 Å². The minimum atomic E-state index is -0.477. The maximum Gasteiger partial charge on any atom is 0.249 e. The van der Waals surface area contributed by atoms with Gasteiger partial charge in [-0.05, 0) is 74.5 Å². The zero-order valence-corrected chi connectivity index (χ0v) is 16.4. The van der Waals surface area contributed by atoms with Crippen molar-refractivity contribution in [2.75, 3.05) is 7.05 Å². The van der Waals surface area contributed by atoms with Gasteiger partial charge in [0.2, 0.25) is 5.91 Å². The van der Waals surface area contributed by atoms with E-state index in [0.29, 0.717) is 29.2 Å². The van der Waals surface area contributed by atoms with Gasteiger partial charge < -0.3 is 10.2 Å². The Balaban J connectivity index is 1.46. The lowest BCUT2D eigenvalue weighted by Gasteiger charge is -2.60. The highest BCUT2D eigenvalue weighted by Crippen LogP contribution is 2.65. The van der Waals surface area contributed by atoms with Crippen molar-refractivity contribution in [3.63, 3.8) is 0 Å². The van der Waals surface area contributed by atoms with E-state index in [-0.39, 0.29) is 17.8 Å². The van der Waals surface area contributed by atoms with Crippen LogP contribution in [0, 0.1) is 28.6 Å². The van der Waals surface area contributed by atoms with Crippen molar-refractivity contribution in [1.82, 2.24) is 10.2 Å². The number of hydrogen-bond donors (Lipinski definition) is 1. The highest BCUT2D eigenvalue weighted by molar-refractivity contribution is 5.89. The number of rotatable bonds is 2. The molecule has 0 aromatic carbocycles. The van der Waals surface area contributed by atoms with Crippen LogP contribution < -0.4 is 5.32 Å². The zero-order chi connectivity index (χ0) is 18.3. The van der Waals surface area contributed by atoms with Crippen LogP contribution in [0.2, 0.25) is 0 Å². The molecular weight excluding hydrogens is 327 g/mol. The first-order chi connectivity index (χ1) is 12.4. The summed E-state index contributed by atoms with van der Waals surface area (Å²) >= 11 is 0. The Morgan fingerprint density at radius 2 is 1.85 bits per heavy atom. The quantitative estimate of drug-likeness (QED) is 0.806. The smallest absolute Gasteiger partial charge is 0.249 e. The van der Waals surface area contributed by atoms with E-state index in [1.165, 1.54) is 38.2 Å². The van der Waals surface area contributed by atoms with E-state index >= 15 is 4.39 Å². The fourth-order valence-electron chi connectivity index (χ4n) is 7.59. The van der Waals surface area contributed by atoms with E-state index in [9.17, 15) is 4.79 Å². The number of nitrogens with one attached hydrogen (secondary N) is 1. The van der Waals surface area contributed by atoms with Gasteiger partial charge in [0, 0.05) is 36.7 Å². The second kappa shape index (κ2) is 5.56. The molecule has 7 atom stereocenters. The largest absolute Gasteiger partial charge is 0.338 e. The first kappa shape index (κ1) is 17.2. The molecule has 4 aliphatic carbocycles. The Morgan fingerprint density at radius 3 is 2.58 bits per heavy atom. The summed E-state index contributed by atoms with van der Waals surface area (Å²) in [6.45, 7) is 4.62. The molecule has 5 rings (SSSR count). The van der Waals surface area contributed by atoms with Gasteiger partial charge >= 0.3 is 0 Å². The molecule has 4 fully saturated rings. The van der Waals surface area contributed by atoms with E-state index in [1.807, 2.05) is 11.9 Å². The Kier molecular flexibility index (Phi) is 3.68. The van der Waals surface area contributed by atoms with Gasteiger partial charge in [0.15, 0.2) is 0 Å². The third kappa shape index (κ3) is 2.17. The number of amides is 1. The van der Waals surface area contributed by atoms with Gasteiger partial charge in [-0.25, -0.2) is 4.39 Å². The Morgan fingerprint density at radius 1 is 1.08 bits per heavy atom. The van der Waals surface area contributed by atoms with E-state index < -0.39 is 5.41 Å². The van der Waals surface area contributed by atoms with Gasteiger partial charge in [0.1, 0.15) is 5.83 Å². The van der Waals surface area contributed by atoms with Crippen molar-refractivity contribution in [3.8, 4) is 0 Å². The molecule has 4 heteroatoms. The highest BCUT2D eigenvalue weighted by atomic mass is 19.1. The molecule has 0 saturated heterocycles. The summed E-state index contributed by atoms with van der Waals surface area (Å²) in [6.07, 6.45) is 11.0. The van der Waals surface area contributed by atoms with Crippen molar-refractivity contribution in [2.24, 2.45) is 28.6 Å². The third-order valence-electron chi connectivity index (χ3n) is 9.27. The van der Waals surface area contributed by atoms with Crippen molar-refractivity contribution in [2.45, 2.75) is 83.3 Å². The number of nitrogens with zero attached hydrogens (tertiary/aromatic N) is 1. The normalized spacial score (nSPS) is 50.8. The Bertz CT molecular complexity index is 659. The number of likely N-dealkylation sites (N-methyl/N-ethyl adjacent to an activating group) is 1. The topological polar surface area (TPSA) is 32.3 Å². The molecule has 0 aromatic rings. The second-order valence-corrected chi connectivity index (χ2v) is 10.3. The van der Waals surface area contributed by atoms with E-state index in [0.717, 1.165) is 25.3 Å². The van der Waals surface area contributed by atoms with Crippen LogP contribution in [0.1, 0.15) is 65.2 Å². The molecule has 1 aliphatic heterocycles. The maximum atomic E-state index is 15.2. The van der Waals surface area contributed by atoms with Crippen molar-refractivity contribution >= 4 is 5.91 Å². The number of fused-ring (bicyclic) bond motifs is 5. The predicted octanol–water partition coefficient (Wildman–Crippen LogP) is 4.04. The fourth-order valence-corrected chi connectivity index (χ4v) is 7.59. The lowest BCUT2D eigenvalue weighted by molar-refractivity contribution is -0.142. The standard InChI is InChI=1S/C22H33FN2O/c1-21-11-10-16-14(15(21)7-8-18(21)24-13-4-5-13)6-9-19-22(16,2)17(23)12-20(26)25(19)3/h12-16,18-19,24H,4-11H2,1-3H3/t14-,15-,16-,18-,19+,21-,22-/m0/s1. The summed E-state index contributed by atoms with van der Waals surface area (Å²) in [6, 6.07) is 1.45. The minimum absolute atomic E-state index is 0.0346. The van der Waals surface area contributed by atoms with Crippen LogP contribution >= 0.6 is 0 Å². The van der Waals surface area contributed by atoms with Gasteiger partial charge in [0.05, 0.1) is 0 Å². The van der Waals surface area contributed by atoms with Crippen molar-refractivity contribution < 1.29 is 9.18 Å². The van der Waals surface area contributed by atoms with E-state index in [2.05, 4.69) is 19.2 Å². The first-order valence-electron chi connectivity index (χ1n) is 10.8. The van der Waals surface area contributed by atoms with Crippen molar-refractivity contribution in [3.05, 3.63) is 11.9 Å². The average Bonchev–Trinajstić information content (AvgIpc) is 3.36. The molecular formula is C22H33FN2O. The third-order valence-corrected chi connectivity index (χ3v) is 9.27. The molecule has 0 bridgehead atoms. The molecule has 1 heterocycles. The molecule has 0 radical (unpaired) electrons. The van der Waals surface area contributed by atoms with Crippen LogP contribution in [0.4, 0.5) is 4.39 Å². The SMILES string of the molecule is CN1C(=O)C=C(F)[C@]2(C)[C@H]3CC[C@]4(C)[C@@H](NC5CC5)CC[C@H]4[C@@H]3CC[C@@H]12. The molecule has 0 aromatic heterocycles. The van der Waals surface area contributed by atoms with Crippen LogP contribution in [0.25, 0.3) is 0 Å². The molecule has 1 amide bonds.